The van der Waals surface area contributed by atoms with Crippen LogP contribution in [0.3, 0.4) is 0 Å². The number of carbonyl (C=O) groups excluding carboxylic acids is 1. The second kappa shape index (κ2) is 3.02. The van der Waals surface area contributed by atoms with Crippen LogP contribution in [0.4, 0.5) is 0 Å². The molecule has 0 N–H and O–H groups in total. The van der Waals surface area contributed by atoms with Crippen LogP contribution >= 0.6 is 15.9 Å². The van der Waals surface area contributed by atoms with Crippen molar-refractivity contribution in [3.8, 4) is 0 Å². The highest BCUT2D eigenvalue weighted by Crippen LogP contribution is 2.37. The fourth-order valence-corrected chi connectivity index (χ4v) is 2.51. The highest BCUT2D eigenvalue weighted by Gasteiger charge is 2.42. The molecule has 1 amide bonds. The van der Waals surface area contributed by atoms with E-state index >= 15 is 0 Å². The Morgan fingerprint density at radius 2 is 2.25 bits per heavy atom. The second-order valence-corrected chi connectivity index (χ2v) is 5.03. The van der Waals surface area contributed by atoms with E-state index in [-0.39, 0.29) is 4.83 Å². The number of nitrogens with zero attached hydrogens (tertiary/aromatic N) is 1. The lowest BCUT2D eigenvalue weighted by molar-refractivity contribution is -0.133. The van der Waals surface area contributed by atoms with Crippen LogP contribution in [0.2, 0.25) is 0 Å². The first-order valence-corrected chi connectivity index (χ1v) is 5.56. The number of hydrogen-bond donors (Lipinski definition) is 0. The summed E-state index contributed by atoms with van der Waals surface area (Å²) in [5.41, 5.74) is 0. The molecule has 1 heterocycles. The third-order valence-electron chi connectivity index (χ3n) is 2.87. The van der Waals surface area contributed by atoms with E-state index in [0.29, 0.717) is 11.9 Å². The van der Waals surface area contributed by atoms with Crippen LogP contribution in [0.15, 0.2) is 0 Å². The minimum atomic E-state index is 0.0963. The van der Waals surface area contributed by atoms with Crippen LogP contribution in [0.1, 0.15) is 26.2 Å². The number of piperidine rings is 1. The number of carbonyl (C=O) groups is 1. The van der Waals surface area contributed by atoms with Crippen LogP contribution in [0.5, 0.6) is 0 Å². The predicted molar refractivity (Wildman–Crippen MR) is 51.2 cm³/mol. The fourth-order valence-electron chi connectivity index (χ4n) is 1.92. The molecule has 1 aliphatic heterocycles. The summed E-state index contributed by atoms with van der Waals surface area (Å²) in [5.74, 6) is 1.06. The van der Waals surface area contributed by atoms with Crippen molar-refractivity contribution in [2.75, 3.05) is 6.54 Å². The predicted octanol–water partition coefficient (Wildman–Crippen LogP) is 1.78. The molecule has 2 nitrogen and oxygen atoms in total. The van der Waals surface area contributed by atoms with E-state index in [1.807, 2.05) is 0 Å². The van der Waals surface area contributed by atoms with Gasteiger partial charge in [-0.1, -0.05) is 22.9 Å². The molecule has 0 aromatic heterocycles. The van der Waals surface area contributed by atoms with Crippen molar-refractivity contribution < 1.29 is 4.79 Å². The van der Waals surface area contributed by atoms with Gasteiger partial charge in [-0.3, -0.25) is 4.79 Å². The van der Waals surface area contributed by atoms with Crippen molar-refractivity contribution in [1.29, 1.82) is 0 Å². The largest absolute Gasteiger partial charge is 0.338 e. The van der Waals surface area contributed by atoms with Crippen molar-refractivity contribution >= 4 is 21.8 Å². The zero-order chi connectivity index (χ0) is 8.72. The molecule has 1 aliphatic carbocycles. The van der Waals surface area contributed by atoms with E-state index in [4.69, 9.17) is 0 Å². The van der Waals surface area contributed by atoms with E-state index in [1.54, 1.807) is 0 Å². The van der Waals surface area contributed by atoms with Crippen LogP contribution in [0, 0.1) is 5.92 Å². The van der Waals surface area contributed by atoms with Gasteiger partial charge < -0.3 is 4.90 Å². The molecule has 1 saturated heterocycles. The van der Waals surface area contributed by atoms with Gasteiger partial charge in [0.15, 0.2) is 0 Å². The summed E-state index contributed by atoms with van der Waals surface area (Å²) in [5, 5.41) is 0. The molecule has 68 valence electrons. The van der Waals surface area contributed by atoms with Crippen molar-refractivity contribution in [1.82, 2.24) is 4.90 Å². The van der Waals surface area contributed by atoms with Crippen LogP contribution in [-0.4, -0.2) is 28.2 Å². The van der Waals surface area contributed by atoms with E-state index < -0.39 is 0 Å². The van der Waals surface area contributed by atoms with E-state index in [1.165, 1.54) is 6.42 Å². The Balaban J connectivity index is 2.00. The average Bonchev–Trinajstić information content (AvgIpc) is 2.73. The van der Waals surface area contributed by atoms with Crippen LogP contribution in [-0.2, 0) is 4.79 Å². The van der Waals surface area contributed by atoms with E-state index in [2.05, 4.69) is 27.8 Å². The molecule has 12 heavy (non-hydrogen) atoms. The molecule has 0 spiro atoms. The van der Waals surface area contributed by atoms with Gasteiger partial charge in [0.1, 0.15) is 0 Å². The standard InChI is InChI=1S/C9H14BrNO/c1-6-5-8(6)11-4-2-3-7(10)9(11)12/h6-8H,2-5H2,1H3. The molecule has 2 aliphatic rings. The minimum Gasteiger partial charge on any atom is -0.338 e. The maximum Gasteiger partial charge on any atom is 0.236 e. The summed E-state index contributed by atoms with van der Waals surface area (Å²) in [4.78, 5) is 13.8. The lowest BCUT2D eigenvalue weighted by Crippen LogP contribution is -2.43. The molecule has 0 aromatic carbocycles. The van der Waals surface area contributed by atoms with E-state index in [9.17, 15) is 4.79 Å². The van der Waals surface area contributed by atoms with Crippen LogP contribution < -0.4 is 0 Å². The van der Waals surface area contributed by atoms with Crippen molar-refractivity contribution in [3.63, 3.8) is 0 Å². The van der Waals surface area contributed by atoms with Crippen molar-refractivity contribution in [3.05, 3.63) is 0 Å². The Hall–Kier alpha value is -0.0500. The molecule has 2 rings (SSSR count). The SMILES string of the molecule is CC1CC1N1CCCC(Br)C1=O. The highest BCUT2D eigenvalue weighted by molar-refractivity contribution is 9.10. The van der Waals surface area contributed by atoms with Gasteiger partial charge >= 0.3 is 0 Å². The Bertz CT molecular complexity index is 207. The Morgan fingerprint density at radius 1 is 1.58 bits per heavy atom. The number of rotatable bonds is 1. The molecule has 0 radical (unpaired) electrons. The number of halogens is 1. The van der Waals surface area contributed by atoms with Crippen molar-refractivity contribution in [2.24, 2.45) is 5.92 Å². The Morgan fingerprint density at radius 3 is 2.83 bits per heavy atom. The summed E-state index contributed by atoms with van der Waals surface area (Å²) in [6.45, 7) is 3.20. The average molecular weight is 232 g/mol. The van der Waals surface area contributed by atoms with Gasteiger partial charge in [-0.05, 0) is 25.2 Å². The number of likely N-dealkylation sites (tertiary alicyclic amines) is 1. The lowest BCUT2D eigenvalue weighted by atomic mass is 10.1. The molecular weight excluding hydrogens is 218 g/mol. The molecule has 0 bridgehead atoms. The maximum atomic E-state index is 11.6. The number of hydrogen-bond acceptors (Lipinski definition) is 1. The summed E-state index contributed by atoms with van der Waals surface area (Å²) in [6, 6.07) is 0.567. The van der Waals surface area contributed by atoms with Gasteiger partial charge in [0.05, 0.1) is 4.83 Å². The zero-order valence-electron chi connectivity index (χ0n) is 7.29. The monoisotopic (exact) mass is 231 g/mol. The van der Waals surface area contributed by atoms with Gasteiger partial charge in [-0.25, -0.2) is 0 Å². The normalized spacial score (nSPS) is 41.7. The fraction of sp³-hybridized carbons (Fsp3) is 0.889. The van der Waals surface area contributed by atoms with Gasteiger partial charge in [0.25, 0.3) is 0 Å². The first-order chi connectivity index (χ1) is 5.70. The molecule has 1 saturated carbocycles. The molecule has 0 aromatic rings. The quantitative estimate of drug-likeness (QED) is 0.631. The number of amides is 1. The van der Waals surface area contributed by atoms with Gasteiger partial charge in [0, 0.05) is 12.6 Å². The summed E-state index contributed by atoms with van der Waals surface area (Å²) in [7, 11) is 0. The maximum absolute atomic E-state index is 11.6. The first-order valence-electron chi connectivity index (χ1n) is 4.64. The minimum absolute atomic E-state index is 0.0963. The second-order valence-electron chi connectivity index (χ2n) is 3.92. The zero-order valence-corrected chi connectivity index (χ0v) is 8.88. The Kier molecular flexibility index (Phi) is 2.15. The smallest absolute Gasteiger partial charge is 0.236 e. The molecule has 3 atom stereocenters. The Labute approximate surface area is 81.4 Å². The highest BCUT2D eigenvalue weighted by atomic mass is 79.9. The molecule has 3 unspecified atom stereocenters. The van der Waals surface area contributed by atoms with Gasteiger partial charge in [-0.15, -0.1) is 0 Å². The molecule has 3 heteroatoms. The third-order valence-corrected chi connectivity index (χ3v) is 3.72. The molecular formula is C9H14BrNO. The topological polar surface area (TPSA) is 20.3 Å². The summed E-state index contributed by atoms with van der Waals surface area (Å²) < 4.78 is 0. The van der Waals surface area contributed by atoms with Gasteiger partial charge in [-0.2, -0.15) is 0 Å². The van der Waals surface area contributed by atoms with Crippen molar-refractivity contribution in [2.45, 2.75) is 37.1 Å². The number of alkyl halides is 1. The summed E-state index contributed by atoms with van der Waals surface area (Å²) >= 11 is 3.42. The van der Waals surface area contributed by atoms with Crippen LogP contribution in [0.25, 0.3) is 0 Å². The lowest BCUT2D eigenvalue weighted by Gasteiger charge is -2.30. The van der Waals surface area contributed by atoms with E-state index in [0.717, 1.165) is 25.3 Å². The van der Waals surface area contributed by atoms with Gasteiger partial charge in [0.2, 0.25) is 5.91 Å². The molecule has 2 fully saturated rings. The third kappa shape index (κ3) is 1.39. The first kappa shape index (κ1) is 8.54. The summed E-state index contributed by atoms with van der Waals surface area (Å²) in [6.07, 6.45) is 3.38.